The van der Waals surface area contributed by atoms with Crippen molar-refractivity contribution in [1.29, 1.82) is 0 Å². The van der Waals surface area contributed by atoms with Crippen molar-refractivity contribution in [1.82, 2.24) is 0 Å². The molecule has 1 aromatic heterocycles. The van der Waals surface area contributed by atoms with Crippen LogP contribution in [-0.4, -0.2) is 23.9 Å². The van der Waals surface area contributed by atoms with E-state index in [0.717, 1.165) is 22.5 Å². The number of ether oxygens (including phenoxy) is 1. The van der Waals surface area contributed by atoms with Crippen molar-refractivity contribution in [2.75, 3.05) is 5.32 Å². The summed E-state index contributed by atoms with van der Waals surface area (Å²) in [5.74, 6) is -1.70. The molecule has 0 aliphatic carbocycles. The monoisotopic (exact) mass is 450 g/mol. The summed E-state index contributed by atoms with van der Waals surface area (Å²) in [6.45, 7) is 5.11. The van der Waals surface area contributed by atoms with Gasteiger partial charge in [-0.3, -0.25) is 9.59 Å². The second kappa shape index (κ2) is 10.2. The van der Waals surface area contributed by atoms with E-state index in [4.69, 9.17) is 10.5 Å². The first-order valence-electron chi connectivity index (χ1n) is 10.3. The molecule has 0 aliphatic rings. The quantitative estimate of drug-likeness (QED) is 0.478. The number of hydrogen-bond donors (Lipinski definition) is 2. The average molecular weight is 451 g/mol. The Bertz CT molecular complexity index is 1070. The predicted molar refractivity (Wildman–Crippen MR) is 126 cm³/mol. The molecule has 3 rings (SSSR count). The minimum atomic E-state index is -0.708. The van der Waals surface area contributed by atoms with Gasteiger partial charge in [0.1, 0.15) is 9.88 Å². The number of carbonyl (C=O) groups is 3. The van der Waals surface area contributed by atoms with Gasteiger partial charge in [0.2, 0.25) is 5.91 Å². The van der Waals surface area contributed by atoms with E-state index in [-0.39, 0.29) is 39.8 Å². The van der Waals surface area contributed by atoms with Crippen molar-refractivity contribution >= 4 is 34.1 Å². The molecule has 0 radical (unpaired) electrons. The lowest BCUT2D eigenvalue weighted by Crippen LogP contribution is -2.19. The number of nitrogens with two attached hydrogens (primary N) is 1. The average Bonchev–Trinajstić information content (AvgIpc) is 3.08. The van der Waals surface area contributed by atoms with E-state index in [2.05, 4.69) is 5.32 Å². The van der Waals surface area contributed by atoms with E-state index < -0.39 is 11.9 Å². The molecule has 2 aromatic carbocycles. The molecule has 0 spiro atoms. The van der Waals surface area contributed by atoms with Crippen LogP contribution < -0.4 is 11.1 Å². The second-order valence-corrected chi connectivity index (χ2v) is 8.73. The molecule has 0 atom stereocenters. The third-order valence-corrected chi connectivity index (χ3v) is 6.15. The molecule has 0 unspecified atom stereocenters. The zero-order valence-electron chi connectivity index (χ0n) is 18.3. The van der Waals surface area contributed by atoms with Gasteiger partial charge >= 0.3 is 5.97 Å². The molecule has 0 saturated heterocycles. The van der Waals surface area contributed by atoms with E-state index in [0.29, 0.717) is 5.56 Å². The van der Waals surface area contributed by atoms with Gasteiger partial charge in [0.15, 0.2) is 0 Å². The number of esters is 1. The zero-order chi connectivity index (χ0) is 23.3. The molecule has 0 fully saturated rings. The Labute approximate surface area is 191 Å². The van der Waals surface area contributed by atoms with Gasteiger partial charge in [-0.25, -0.2) is 4.79 Å². The van der Waals surface area contributed by atoms with Crippen molar-refractivity contribution in [2.24, 2.45) is 5.73 Å². The van der Waals surface area contributed by atoms with E-state index in [1.807, 2.05) is 60.7 Å². The van der Waals surface area contributed by atoms with E-state index in [9.17, 15) is 14.4 Å². The van der Waals surface area contributed by atoms with Gasteiger partial charge in [0.05, 0.1) is 11.7 Å². The van der Waals surface area contributed by atoms with Gasteiger partial charge < -0.3 is 15.8 Å². The molecule has 0 saturated carbocycles. The first-order chi connectivity index (χ1) is 15.3. The molecule has 32 heavy (non-hydrogen) atoms. The molecular weight excluding hydrogens is 424 g/mol. The first kappa shape index (κ1) is 23.2. The molecule has 1 heterocycles. The van der Waals surface area contributed by atoms with Crippen LogP contribution in [0.2, 0.25) is 0 Å². The Balaban J connectivity index is 1.88. The number of thiophene rings is 1. The normalized spacial score (nSPS) is 10.9. The minimum Gasteiger partial charge on any atom is -0.459 e. The largest absolute Gasteiger partial charge is 0.459 e. The van der Waals surface area contributed by atoms with E-state index >= 15 is 0 Å². The maximum atomic E-state index is 13.0. The minimum absolute atomic E-state index is 0.134. The lowest BCUT2D eigenvalue weighted by atomic mass is 9.88. The fourth-order valence-electron chi connectivity index (χ4n) is 3.52. The van der Waals surface area contributed by atoms with Crippen molar-refractivity contribution in [2.45, 2.75) is 39.2 Å². The molecule has 3 aromatic rings. The third kappa shape index (κ3) is 5.42. The Kier molecular flexibility index (Phi) is 7.43. The molecule has 6 nitrogen and oxygen atoms in total. The second-order valence-electron chi connectivity index (χ2n) is 7.70. The van der Waals surface area contributed by atoms with Crippen molar-refractivity contribution < 1.29 is 19.1 Å². The van der Waals surface area contributed by atoms with Gasteiger partial charge in [-0.05, 0) is 37.5 Å². The Morgan fingerprint density at radius 2 is 1.50 bits per heavy atom. The fourth-order valence-corrected chi connectivity index (χ4v) is 4.63. The fraction of sp³-hybridized carbons (Fsp3) is 0.240. The van der Waals surface area contributed by atoms with Gasteiger partial charge in [-0.15, -0.1) is 11.3 Å². The number of amides is 2. The summed E-state index contributed by atoms with van der Waals surface area (Å²) in [5.41, 5.74) is 8.11. The van der Waals surface area contributed by atoms with Crippen LogP contribution in [0.5, 0.6) is 0 Å². The molecule has 7 heteroatoms. The lowest BCUT2D eigenvalue weighted by Gasteiger charge is -2.18. The van der Waals surface area contributed by atoms with Gasteiger partial charge in [-0.1, -0.05) is 60.7 Å². The number of carbonyl (C=O) groups excluding carboxylic acids is 3. The van der Waals surface area contributed by atoms with Crippen LogP contribution in [0.4, 0.5) is 5.00 Å². The Morgan fingerprint density at radius 3 is 1.97 bits per heavy atom. The lowest BCUT2D eigenvalue weighted by molar-refractivity contribution is -0.116. The summed E-state index contributed by atoms with van der Waals surface area (Å²) >= 11 is 1.00. The molecular formula is C25H26N2O4S. The summed E-state index contributed by atoms with van der Waals surface area (Å²) in [4.78, 5) is 37.8. The van der Waals surface area contributed by atoms with Crippen LogP contribution in [0.15, 0.2) is 60.7 Å². The molecule has 166 valence electrons. The number of nitrogens with one attached hydrogen (secondary N) is 1. The van der Waals surface area contributed by atoms with Crippen molar-refractivity contribution in [3.8, 4) is 0 Å². The highest BCUT2D eigenvalue weighted by Gasteiger charge is 2.26. The van der Waals surface area contributed by atoms with E-state index in [1.165, 1.54) is 0 Å². The van der Waals surface area contributed by atoms with Crippen molar-refractivity contribution in [3.05, 3.63) is 87.8 Å². The SMILES string of the molecule is Cc1c(C(=O)OC(C)C)sc(NC(=O)CC(c2ccccc2)c2ccccc2)c1C(N)=O. The smallest absolute Gasteiger partial charge is 0.348 e. The molecule has 0 aliphatic heterocycles. The van der Waals surface area contributed by atoms with Crippen LogP contribution in [0.25, 0.3) is 0 Å². The van der Waals surface area contributed by atoms with Crippen LogP contribution in [0.1, 0.15) is 62.9 Å². The number of primary amides is 1. The number of hydrogen-bond acceptors (Lipinski definition) is 5. The summed E-state index contributed by atoms with van der Waals surface area (Å²) in [6.07, 6.45) is -0.147. The maximum absolute atomic E-state index is 13.0. The van der Waals surface area contributed by atoms with Crippen LogP contribution in [-0.2, 0) is 9.53 Å². The Hall–Kier alpha value is -3.45. The van der Waals surface area contributed by atoms with Gasteiger partial charge in [0, 0.05) is 12.3 Å². The topological polar surface area (TPSA) is 98.5 Å². The summed E-state index contributed by atoms with van der Waals surface area (Å²) < 4.78 is 5.26. The maximum Gasteiger partial charge on any atom is 0.348 e. The van der Waals surface area contributed by atoms with Crippen molar-refractivity contribution in [3.63, 3.8) is 0 Å². The number of anilines is 1. The first-order valence-corrected chi connectivity index (χ1v) is 11.1. The molecule has 3 N–H and O–H groups in total. The van der Waals surface area contributed by atoms with E-state index in [1.54, 1.807) is 20.8 Å². The Morgan fingerprint density at radius 1 is 0.969 bits per heavy atom. The van der Waals surface area contributed by atoms with Gasteiger partial charge in [0.25, 0.3) is 5.91 Å². The highest BCUT2D eigenvalue weighted by molar-refractivity contribution is 7.18. The standard InChI is InChI=1S/C25H26N2O4S/c1-15(2)31-25(30)22-16(3)21(23(26)29)24(32-22)27-20(28)14-19(17-10-6-4-7-11-17)18-12-8-5-9-13-18/h4-13,15,19H,14H2,1-3H3,(H2,26,29)(H,27,28). The van der Waals surface area contributed by atoms with Crippen LogP contribution in [0.3, 0.4) is 0 Å². The van der Waals surface area contributed by atoms with Gasteiger partial charge in [-0.2, -0.15) is 0 Å². The summed E-state index contributed by atoms with van der Waals surface area (Å²) in [6, 6.07) is 19.5. The van der Waals surface area contributed by atoms with Crippen LogP contribution >= 0.6 is 11.3 Å². The number of rotatable bonds is 8. The molecule has 0 bridgehead atoms. The van der Waals surface area contributed by atoms with Crippen LogP contribution in [0, 0.1) is 6.92 Å². The summed E-state index contributed by atoms with van der Waals surface area (Å²) in [5, 5.41) is 3.06. The highest BCUT2D eigenvalue weighted by atomic mass is 32.1. The third-order valence-electron chi connectivity index (χ3n) is 4.97. The summed E-state index contributed by atoms with van der Waals surface area (Å²) in [7, 11) is 0. The molecule has 2 amide bonds. The highest BCUT2D eigenvalue weighted by Crippen LogP contribution is 2.35. The number of benzene rings is 2. The zero-order valence-corrected chi connectivity index (χ0v) is 19.1. The predicted octanol–water partition coefficient (Wildman–Crippen LogP) is 4.88.